The smallest absolute Gasteiger partial charge is 0.140 e. The molecule has 0 amide bonds. The summed E-state index contributed by atoms with van der Waals surface area (Å²) >= 11 is 0. The summed E-state index contributed by atoms with van der Waals surface area (Å²) in [4.78, 5) is 14.4. The van der Waals surface area contributed by atoms with Crippen LogP contribution in [0.15, 0.2) is 30.3 Å². The van der Waals surface area contributed by atoms with Crippen LogP contribution in [0.2, 0.25) is 0 Å². The standard InChI is InChI=1S/C16H21NO/c1-17(10-12-5-3-2-4-6-12)11-15-13-7-8-14(9-13)16(15)18/h2-6,13-15H,7-11H2,1H3/t13-,14-,15-/m0/s1. The van der Waals surface area contributed by atoms with Gasteiger partial charge < -0.3 is 4.90 Å². The molecule has 18 heavy (non-hydrogen) atoms. The van der Waals surface area contributed by atoms with E-state index in [2.05, 4.69) is 36.2 Å². The first-order valence-corrected chi connectivity index (χ1v) is 7.00. The van der Waals surface area contributed by atoms with Crippen LogP contribution in [-0.2, 0) is 11.3 Å². The summed E-state index contributed by atoms with van der Waals surface area (Å²) < 4.78 is 0. The van der Waals surface area contributed by atoms with Crippen molar-refractivity contribution < 1.29 is 4.79 Å². The lowest BCUT2D eigenvalue weighted by Crippen LogP contribution is -2.33. The van der Waals surface area contributed by atoms with Gasteiger partial charge in [-0.05, 0) is 37.8 Å². The molecule has 0 heterocycles. The van der Waals surface area contributed by atoms with Crippen LogP contribution in [0.1, 0.15) is 24.8 Å². The average Bonchev–Trinajstić information content (AvgIpc) is 2.94. The van der Waals surface area contributed by atoms with Gasteiger partial charge in [0, 0.05) is 24.9 Å². The summed E-state index contributed by atoms with van der Waals surface area (Å²) in [5, 5.41) is 0. The molecule has 2 nitrogen and oxygen atoms in total. The first-order valence-electron chi connectivity index (χ1n) is 7.00. The second kappa shape index (κ2) is 4.85. The van der Waals surface area contributed by atoms with Gasteiger partial charge in [-0.1, -0.05) is 30.3 Å². The third-order valence-electron chi connectivity index (χ3n) is 4.61. The monoisotopic (exact) mass is 243 g/mol. The van der Waals surface area contributed by atoms with E-state index in [4.69, 9.17) is 0 Å². The molecule has 96 valence electrons. The Kier molecular flexibility index (Phi) is 3.21. The normalized spacial score (nSPS) is 30.3. The number of Topliss-reactive ketones (excluding diaryl/α,β-unsaturated/α-hetero) is 1. The highest BCUT2D eigenvalue weighted by molar-refractivity contribution is 5.87. The van der Waals surface area contributed by atoms with E-state index in [1.807, 2.05) is 6.07 Å². The van der Waals surface area contributed by atoms with Gasteiger partial charge >= 0.3 is 0 Å². The van der Waals surface area contributed by atoms with Crippen molar-refractivity contribution in [2.24, 2.45) is 17.8 Å². The van der Waals surface area contributed by atoms with E-state index in [9.17, 15) is 4.79 Å². The zero-order valence-corrected chi connectivity index (χ0v) is 11.0. The van der Waals surface area contributed by atoms with Gasteiger partial charge in [0.15, 0.2) is 0 Å². The van der Waals surface area contributed by atoms with E-state index in [1.54, 1.807) is 0 Å². The number of benzene rings is 1. The van der Waals surface area contributed by atoms with E-state index in [-0.39, 0.29) is 0 Å². The van der Waals surface area contributed by atoms with Crippen molar-refractivity contribution in [2.45, 2.75) is 25.8 Å². The maximum absolute atomic E-state index is 12.1. The SMILES string of the molecule is CN(Cc1ccccc1)C[C@@H]1C(=O)[C@H]2CC[C@H]1C2. The molecule has 2 saturated carbocycles. The lowest BCUT2D eigenvalue weighted by molar-refractivity contribution is -0.126. The van der Waals surface area contributed by atoms with Gasteiger partial charge in [0.05, 0.1) is 0 Å². The molecule has 0 radical (unpaired) electrons. The molecular formula is C16H21NO. The van der Waals surface area contributed by atoms with Gasteiger partial charge in [-0.3, -0.25) is 4.79 Å². The van der Waals surface area contributed by atoms with Gasteiger partial charge in [0.25, 0.3) is 0 Å². The molecule has 2 fully saturated rings. The molecule has 1 aromatic rings. The Morgan fingerprint density at radius 3 is 2.67 bits per heavy atom. The summed E-state index contributed by atoms with van der Waals surface area (Å²) in [6.07, 6.45) is 3.60. The third-order valence-corrected chi connectivity index (χ3v) is 4.61. The lowest BCUT2D eigenvalue weighted by Gasteiger charge is -2.26. The van der Waals surface area contributed by atoms with Crippen molar-refractivity contribution in [1.29, 1.82) is 0 Å². The topological polar surface area (TPSA) is 20.3 Å². The summed E-state index contributed by atoms with van der Waals surface area (Å²) in [7, 11) is 2.13. The number of rotatable bonds is 4. The third kappa shape index (κ3) is 2.22. The van der Waals surface area contributed by atoms with Crippen LogP contribution < -0.4 is 0 Å². The number of hydrogen-bond acceptors (Lipinski definition) is 2. The highest BCUT2D eigenvalue weighted by Gasteiger charge is 2.46. The van der Waals surface area contributed by atoms with Crippen molar-refractivity contribution in [3.05, 3.63) is 35.9 Å². The van der Waals surface area contributed by atoms with Gasteiger partial charge in [-0.2, -0.15) is 0 Å². The second-order valence-electron chi connectivity index (χ2n) is 5.96. The Bertz CT molecular complexity index is 428. The first-order chi connectivity index (χ1) is 8.74. The molecule has 0 aliphatic heterocycles. The molecule has 0 unspecified atom stereocenters. The fraction of sp³-hybridized carbons (Fsp3) is 0.562. The van der Waals surface area contributed by atoms with Crippen LogP contribution in [0, 0.1) is 17.8 Å². The van der Waals surface area contributed by atoms with E-state index in [0.717, 1.165) is 19.5 Å². The molecule has 0 N–H and O–H groups in total. The minimum absolute atomic E-state index is 0.317. The minimum Gasteiger partial charge on any atom is -0.301 e. The maximum Gasteiger partial charge on any atom is 0.140 e. The van der Waals surface area contributed by atoms with Gasteiger partial charge in [-0.15, -0.1) is 0 Å². The molecule has 0 spiro atoms. The average molecular weight is 243 g/mol. The predicted molar refractivity (Wildman–Crippen MR) is 72.1 cm³/mol. The largest absolute Gasteiger partial charge is 0.301 e. The molecular weight excluding hydrogens is 222 g/mol. The summed E-state index contributed by atoms with van der Waals surface area (Å²) in [6, 6.07) is 10.5. The zero-order valence-electron chi connectivity index (χ0n) is 11.0. The molecule has 2 heteroatoms. The van der Waals surface area contributed by atoms with Gasteiger partial charge in [-0.25, -0.2) is 0 Å². The molecule has 3 atom stereocenters. The molecule has 1 aromatic carbocycles. The number of carbonyl (C=O) groups is 1. The van der Waals surface area contributed by atoms with E-state index >= 15 is 0 Å². The van der Waals surface area contributed by atoms with E-state index in [1.165, 1.54) is 18.4 Å². The summed E-state index contributed by atoms with van der Waals surface area (Å²) in [5.74, 6) is 1.95. The highest BCUT2D eigenvalue weighted by Crippen LogP contribution is 2.46. The van der Waals surface area contributed by atoms with Crippen molar-refractivity contribution in [3.63, 3.8) is 0 Å². The van der Waals surface area contributed by atoms with Crippen LogP contribution in [0.4, 0.5) is 0 Å². The number of carbonyl (C=O) groups excluding carboxylic acids is 1. The molecule has 3 rings (SSSR count). The lowest BCUT2D eigenvalue weighted by atomic mass is 9.87. The minimum atomic E-state index is 0.317. The number of hydrogen-bond donors (Lipinski definition) is 0. The first kappa shape index (κ1) is 11.9. The van der Waals surface area contributed by atoms with Crippen molar-refractivity contribution in [3.8, 4) is 0 Å². The van der Waals surface area contributed by atoms with Crippen molar-refractivity contribution >= 4 is 5.78 Å². The van der Waals surface area contributed by atoms with Gasteiger partial charge in [0.2, 0.25) is 0 Å². The van der Waals surface area contributed by atoms with Crippen LogP contribution in [0.25, 0.3) is 0 Å². The summed E-state index contributed by atoms with van der Waals surface area (Å²) in [6.45, 7) is 1.89. The predicted octanol–water partition coefficient (Wildman–Crippen LogP) is 2.73. The van der Waals surface area contributed by atoms with Crippen molar-refractivity contribution in [1.82, 2.24) is 4.90 Å². The Labute approximate surface area is 109 Å². The Balaban J connectivity index is 1.58. The molecule has 0 saturated heterocycles. The highest BCUT2D eigenvalue weighted by atomic mass is 16.1. The van der Waals surface area contributed by atoms with Crippen LogP contribution in [0.5, 0.6) is 0 Å². The Morgan fingerprint density at radius 1 is 1.22 bits per heavy atom. The van der Waals surface area contributed by atoms with E-state index in [0.29, 0.717) is 23.5 Å². The molecule has 2 aliphatic carbocycles. The maximum atomic E-state index is 12.1. The summed E-state index contributed by atoms with van der Waals surface area (Å²) in [5.41, 5.74) is 1.33. The van der Waals surface area contributed by atoms with Crippen molar-refractivity contribution in [2.75, 3.05) is 13.6 Å². The molecule has 2 aliphatic rings. The number of ketones is 1. The zero-order chi connectivity index (χ0) is 12.5. The molecule has 2 bridgehead atoms. The fourth-order valence-corrected chi connectivity index (χ4v) is 3.71. The Morgan fingerprint density at radius 2 is 2.00 bits per heavy atom. The van der Waals surface area contributed by atoms with Crippen LogP contribution >= 0.6 is 0 Å². The Hall–Kier alpha value is -1.15. The van der Waals surface area contributed by atoms with Gasteiger partial charge in [0.1, 0.15) is 5.78 Å². The second-order valence-corrected chi connectivity index (χ2v) is 5.96. The number of nitrogens with zero attached hydrogens (tertiary/aromatic N) is 1. The van der Waals surface area contributed by atoms with E-state index < -0.39 is 0 Å². The number of fused-ring (bicyclic) bond motifs is 2. The quantitative estimate of drug-likeness (QED) is 0.810. The fourth-order valence-electron chi connectivity index (χ4n) is 3.71. The van der Waals surface area contributed by atoms with Crippen LogP contribution in [0.3, 0.4) is 0 Å². The molecule has 0 aromatic heterocycles. The van der Waals surface area contributed by atoms with Crippen LogP contribution in [-0.4, -0.2) is 24.3 Å².